The topological polar surface area (TPSA) is 21.3 Å². The van der Waals surface area contributed by atoms with Crippen molar-refractivity contribution in [3.05, 3.63) is 29.8 Å². The first-order chi connectivity index (χ1) is 9.30. The number of ether oxygens (including phenoxy) is 1. The third-order valence-corrected chi connectivity index (χ3v) is 4.00. The van der Waals surface area contributed by atoms with E-state index in [0.717, 1.165) is 31.9 Å². The number of rotatable bonds is 8. The largest absolute Gasteiger partial charge is 0.493 e. The van der Waals surface area contributed by atoms with Crippen molar-refractivity contribution in [2.24, 2.45) is 5.41 Å². The molecule has 2 heteroatoms. The normalized spacial score (nSPS) is 12.5. The molecule has 1 N–H and O–H groups in total. The maximum absolute atomic E-state index is 5.93. The third-order valence-electron chi connectivity index (χ3n) is 4.00. The molecule has 0 aromatic heterocycles. The summed E-state index contributed by atoms with van der Waals surface area (Å²) >= 11 is 0. The van der Waals surface area contributed by atoms with Gasteiger partial charge in [0.1, 0.15) is 5.75 Å². The predicted octanol–water partition coefficient (Wildman–Crippen LogP) is 4.39. The van der Waals surface area contributed by atoms with Gasteiger partial charge >= 0.3 is 0 Å². The maximum atomic E-state index is 5.93. The van der Waals surface area contributed by atoms with E-state index in [2.05, 4.69) is 71.1 Å². The Morgan fingerprint density at radius 2 is 1.60 bits per heavy atom. The molecule has 20 heavy (non-hydrogen) atoms. The molecular formula is C18H31NO. The Morgan fingerprint density at radius 3 is 2.10 bits per heavy atom. The van der Waals surface area contributed by atoms with Crippen molar-refractivity contribution in [1.82, 2.24) is 5.32 Å². The molecule has 0 fully saturated rings. The van der Waals surface area contributed by atoms with Crippen molar-refractivity contribution in [2.75, 3.05) is 19.7 Å². The molecule has 2 nitrogen and oxygen atoms in total. The first-order valence-corrected chi connectivity index (χ1v) is 7.75. The highest BCUT2D eigenvalue weighted by molar-refractivity contribution is 5.31. The van der Waals surface area contributed by atoms with E-state index in [1.165, 1.54) is 5.56 Å². The van der Waals surface area contributed by atoms with Crippen LogP contribution in [-0.2, 0) is 5.41 Å². The van der Waals surface area contributed by atoms with Crippen LogP contribution in [0.25, 0.3) is 0 Å². The molecule has 0 saturated carbocycles. The van der Waals surface area contributed by atoms with Crippen molar-refractivity contribution < 1.29 is 4.74 Å². The minimum absolute atomic E-state index is 0.150. The van der Waals surface area contributed by atoms with Gasteiger partial charge in [0.15, 0.2) is 0 Å². The Bertz CT molecular complexity index is 392. The summed E-state index contributed by atoms with van der Waals surface area (Å²) in [6.45, 7) is 16.1. The Morgan fingerprint density at radius 1 is 1.00 bits per heavy atom. The third kappa shape index (κ3) is 5.16. The van der Waals surface area contributed by atoms with Crippen LogP contribution in [-0.4, -0.2) is 19.7 Å². The molecular weight excluding hydrogens is 246 g/mol. The fourth-order valence-electron chi connectivity index (χ4n) is 2.00. The average Bonchev–Trinajstić information content (AvgIpc) is 2.43. The monoisotopic (exact) mass is 277 g/mol. The zero-order valence-corrected chi connectivity index (χ0v) is 14.0. The minimum Gasteiger partial charge on any atom is -0.493 e. The zero-order chi connectivity index (χ0) is 15.2. The molecule has 0 aliphatic carbocycles. The molecule has 1 aromatic rings. The molecule has 1 rings (SSSR count). The number of benzene rings is 1. The van der Waals surface area contributed by atoms with Crippen LogP contribution in [0.1, 0.15) is 53.5 Å². The van der Waals surface area contributed by atoms with E-state index < -0.39 is 0 Å². The summed E-state index contributed by atoms with van der Waals surface area (Å²) < 4.78 is 5.93. The Kier molecular flexibility index (Phi) is 6.07. The van der Waals surface area contributed by atoms with Crippen molar-refractivity contribution >= 4 is 0 Å². The van der Waals surface area contributed by atoms with Gasteiger partial charge in [-0.15, -0.1) is 0 Å². The quantitative estimate of drug-likeness (QED) is 0.761. The fourth-order valence-corrected chi connectivity index (χ4v) is 2.00. The van der Waals surface area contributed by atoms with E-state index in [0.29, 0.717) is 0 Å². The summed E-state index contributed by atoms with van der Waals surface area (Å²) in [7, 11) is 0. The number of nitrogens with one attached hydrogen (secondary N) is 1. The molecule has 0 bridgehead atoms. The van der Waals surface area contributed by atoms with Crippen LogP contribution in [0, 0.1) is 5.41 Å². The Hall–Kier alpha value is -1.02. The number of hydrogen-bond acceptors (Lipinski definition) is 2. The van der Waals surface area contributed by atoms with E-state index in [-0.39, 0.29) is 10.8 Å². The van der Waals surface area contributed by atoms with Crippen molar-refractivity contribution in [3.8, 4) is 5.75 Å². The second-order valence-electron chi connectivity index (χ2n) is 7.00. The minimum atomic E-state index is 0.150. The molecule has 0 aliphatic heterocycles. The van der Waals surface area contributed by atoms with E-state index in [9.17, 15) is 0 Å². The van der Waals surface area contributed by atoms with Crippen LogP contribution in [0.4, 0.5) is 0 Å². The van der Waals surface area contributed by atoms with Gasteiger partial charge < -0.3 is 10.1 Å². The van der Waals surface area contributed by atoms with Crippen molar-refractivity contribution in [2.45, 2.75) is 53.4 Å². The summed E-state index contributed by atoms with van der Waals surface area (Å²) in [4.78, 5) is 0. The fraction of sp³-hybridized carbons (Fsp3) is 0.667. The first-order valence-electron chi connectivity index (χ1n) is 7.75. The lowest BCUT2D eigenvalue weighted by Gasteiger charge is -2.26. The SMILES string of the molecule is CCNCC(C)(C)COc1ccc(C(C)(C)CC)cc1. The van der Waals surface area contributed by atoms with Crippen molar-refractivity contribution in [1.29, 1.82) is 0 Å². The van der Waals surface area contributed by atoms with Crippen LogP contribution >= 0.6 is 0 Å². The second-order valence-corrected chi connectivity index (χ2v) is 7.00. The molecule has 0 atom stereocenters. The van der Waals surface area contributed by atoms with Gasteiger partial charge in [0.05, 0.1) is 6.61 Å². The lowest BCUT2D eigenvalue weighted by atomic mass is 9.82. The molecule has 0 spiro atoms. The van der Waals surface area contributed by atoms with E-state index >= 15 is 0 Å². The first kappa shape index (κ1) is 17.0. The summed E-state index contributed by atoms with van der Waals surface area (Å²) in [5.41, 5.74) is 1.76. The standard InChI is InChI=1S/C18H31NO/c1-7-18(5,6)15-9-11-16(12-10-15)20-14-17(3,4)13-19-8-2/h9-12,19H,7-8,13-14H2,1-6H3. The van der Waals surface area contributed by atoms with Crippen LogP contribution in [0.2, 0.25) is 0 Å². The van der Waals surface area contributed by atoms with Gasteiger partial charge in [-0.3, -0.25) is 0 Å². The van der Waals surface area contributed by atoms with Crippen LogP contribution < -0.4 is 10.1 Å². The van der Waals surface area contributed by atoms with Gasteiger partial charge in [-0.05, 0) is 36.1 Å². The highest BCUT2D eigenvalue weighted by Crippen LogP contribution is 2.28. The summed E-state index contributed by atoms with van der Waals surface area (Å²) in [6.07, 6.45) is 1.14. The molecule has 0 heterocycles. The summed E-state index contributed by atoms with van der Waals surface area (Å²) in [5.74, 6) is 0.963. The Balaban J connectivity index is 2.58. The van der Waals surface area contributed by atoms with E-state index in [1.54, 1.807) is 0 Å². The van der Waals surface area contributed by atoms with E-state index in [4.69, 9.17) is 4.74 Å². The lowest BCUT2D eigenvalue weighted by molar-refractivity contribution is 0.177. The van der Waals surface area contributed by atoms with Gasteiger partial charge in [0.2, 0.25) is 0 Å². The maximum Gasteiger partial charge on any atom is 0.119 e. The van der Waals surface area contributed by atoms with Crippen LogP contribution in [0.3, 0.4) is 0 Å². The highest BCUT2D eigenvalue weighted by atomic mass is 16.5. The molecule has 0 radical (unpaired) electrons. The van der Waals surface area contributed by atoms with Gasteiger partial charge in [0, 0.05) is 12.0 Å². The lowest BCUT2D eigenvalue weighted by Crippen LogP contribution is -2.34. The van der Waals surface area contributed by atoms with Gasteiger partial charge in [-0.25, -0.2) is 0 Å². The molecule has 1 aromatic carbocycles. The Labute approximate surface area is 124 Å². The highest BCUT2D eigenvalue weighted by Gasteiger charge is 2.19. The molecule has 0 aliphatic rings. The summed E-state index contributed by atoms with van der Waals surface area (Å²) in [5, 5.41) is 3.38. The average molecular weight is 277 g/mol. The number of hydrogen-bond donors (Lipinski definition) is 1. The molecule has 114 valence electrons. The zero-order valence-electron chi connectivity index (χ0n) is 14.0. The van der Waals surface area contributed by atoms with Crippen molar-refractivity contribution in [3.63, 3.8) is 0 Å². The van der Waals surface area contributed by atoms with Crippen LogP contribution in [0.15, 0.2) is 24.3 Å². The molecule has 0 saturated heterocycles. The van der Waals surface area contributed by atoms with Gasteiger partial charge in [-0.2, -0.15) is 0 Å². The smallest absolute Gasteiger partial charge is 0.119 e. The van der Waals surface area contributed by atoms with E-state index in [1.807, 2.05) is 0 Å². The van der Waals surface area contributed by atoms with Gasteiger partial charge in [0.25, 0.3) is 0 Å². The second kappa shape index (κ2) is 7.12. The molecule has 0 unspecified atom stereocenters. The van der Waals surface area contributed by atoms with Gasteiger partial charge in [-0.1, -0.05) is 53.7 Å². The molecule has 0 amide bonds. The van der Waals surface area contributed by atoms with Crippen LogP contribution in [0.5, 0.6) is 5.75 Å². The predicted molar refractivity (Wildman–Crippen MR) is 87.6 cm³/mol. The summed E-state index contributed by atoms with van der Waals surface area (Å²) in [6, 6.07) is 8.57.